The van der Waals surface area contributed by atoms with Crippen LogP contribution in [0.15, 0.2) is 6.33 Å². The summed E-state index contributed by atoms with van der Waals surface area (Å²) in [5.41, 5.74) is 2.25. The second-order valence-corrected chi connectivity index (χ2v) is 3.29. The predicted molar refractivity (Wildman–Crippen MR) is 51.1 cm³/mol. The average Bonchev–Trinajstić information content (AvgIpc) is 2.26. The molecule has 0 aliphatic heterocycles. The van der Waals surface area contributed by atoms with Crippen LogP contribution in [0.5, 0.6) is 5.88 Å². The maximum absolute atomic E-state index is 12.6. The minimum atomic E-state index is -5.68. The normalized spacial score (nSPS) is 12.4. The van der Waals surface area contributed by atoms with Crippen LogP contribution >= 0.6 is 0 Å². The van der Waals surface area contributed by atoms with Crippen molar-refractivity contribution in [3.05, 3.63) is 11.9 Å². The Morgan fingerprint density at radius 3 is 2.39 bits per heavy atom. The molecule has 1 heterocycles. The zero-order valence-corrected chi connectivity index (χ0v) is 9.05. The topological polar surface area (TPSA) is 73.1 Å². The monoisotopic (exact) mass is 272 g/mol. The van der Waals surface area contributed by atoms with Crippen LogP contribution in [0.25, 0.3) is 0 Å². The number of aromatic nitrogens is 2. The number of anilines is 1. The van der Waals surface area contributed by atoms with Crippen LogP contribution in [0.1, 0.15) is 5.56 Å². The standard InChI is InChI=1S/C8H9F5N4O/c1-4-5(17-14)15-3-16-6(4)18-2-7(9,10)8(11,12)13/h3H,2,14H2,1H3,(H,15,16,17). The molecule has 0 saturated carbocycles. The Labute approximate surface area is 98.1 Å². The number of ether oxygens (including phenoxy) is 1. The van der Waals surface area contributed by atoms with E-state index in [1.807, 2.05) is 0 Å². The van der Waals surface area contributed by atoms with E-state index in [-0.39, 0.29) is 11.4 Å². The fourth-order valence-corrected chi connectivity index (χ4v) is 0.966. The molecule has 0 atom stereocenters. The lowest BCUT2D eigenvalue weighted by atomic mass is 10.3. The number of alkyl halides is 5. The van der Waals surface area contributed by atoms with Gasteiger partial charge in [0.25, 0.3) is 0 Å². The van der Waals surface area contributed by atoms with Gasteiger partial charge in [-0.15, -0.1) is 0 Å². The lowest BCUT2D eigenvalue weighted by Crippen LogP contribution is -2.42. The summed E-state index contributed by atoms with van der Waals surface area (Å²) in [5.74, 6) is -0.247. The maximum atomic E-state index is 12.6. The van der Waals surface area contributed by atoms with Gasteiger partial charge in [0.2, 0.25) is 5.88 Å². The molecule has 1 aromatic heterocycles. The summed E-state index contributed by atoms with van der Waals surface area (Å²) in [7, 11) is 0. The Morgan fingerprint density at radius 2 is 1.89 bits per heavy atom. The highest BCUT2D eigenvalue weighted by Gasteiger charge is 2.58. The quantitative estimate of drug-likeness (QED) is 0.495. The molecule has 1 aromatic rings. The van der Waals surface area contributed by atoms with Gasteiger partial charge in [0, 0.05) is 0 Å². The van der Waals surface area contributed by atoms with Gasteiger partial charge in [-0.3, -0.25) is 0 Å². The molecule has 0 saturated heterocycles. The van der Waals surface area contributed by atoms with E-state index in [4.69, 9.17) is 5.84 Å². The van der Waals surface area contributed by atoms with Crippen LogP contribution in [-0.4, -0.2) is 28.7 Å². The summed E-state index contributed by atoms with van der Waals surface area (Å²) >= 11 is 0. The van der Waals surface area contributed by atoms with Crippen molar-refractivity contribution in [1.29, 1.82) is 0 Å². The van der Waals surface area contributed by atoms with E-state index in [0.29, 0.717) is 0 Å². The Kier molecular flexibility index (Phi) is 3.89. The molecule has 1 rings (SSSR count). The number of hydrazine groups is 1. The lowest BCUT2D eigenvalue weighted by molar-refractivity contribution is -0.290. The minimum absolute atomic E-state index is 0.0651. The first kappa shape index (κ1) is 14.4. The van der Waals surface area contributed by atoms with Gasteiger partial charge in [-0.2, -0.15) is 22.0 Å². The summed E-state index contributed by atoms with van der Waals surface area (Å²) in [6, 6.07) is 0. The van der Waals surface area contributed by atoms with E-state index in [1.54, 1.807) is 0 Å². The smallest absolute Gasteiger partial charge is 0.456 e. The number of nitrogens with two attached hydrogens (primary N) is 1. The van der Waals surface area contributed by atoms with Crippen molar-refractivity contribution in [2.75, 3.05) is 12.0 Å². The molecule has 0 fully saturated rings. The predicted octanol–water partition coefficient (Wildman–Crippen LogP) is 1.65. The van der Waals surface area contributed by atoms with Gasteiger partial charge in [-0.25, -0.2) is 15.8 Å². The lowest BCUT2D eigenvalue weighted by Gasteiger charge is -2.20. The average molecular weight is 272 g/mol. The number of nitrogens with zero attached hydrogens (tertiary/aromatic N) is 2. The van der Waals surface area contributed by atoms with Gasteiger partial charge in [-0.05, 0) is 6.92 Å². The van der Waals surface area contributed by atoms with E-state index in [0.717, 1.165) is 6.33 Å². The second kappa shape index (κ2) is 4.88. The first-order valence-electron chi connectivity index (χ1n) is 4.54. The Morgan fingerprint density at radius 1 is 1.28 bits per heavy atom. The number of hydrogen-bond donors (Lipinski definition) is 2. The van der Waals surface area contributed by atoms with Crippen molar-refractivity contribution in [2.24, 2.45) is 5.84 Å². The molecule has 5 nitrogen and oxygen atoms in total. The molecule has 0 aromatic carbocycles. The molecule has 0 bridgehead atoms. The Bertz CT molecular complexity index is 422. The minimum Gasteiger partial charge on any atom is -0.471 e. The van der Waals surface area contributed by atoms with Crippen LogP contribution in [0.2, 0.25) is 0 Å². The molecule has 0 spiro atoms. The highest BCUT2D eigenvalue weighted by atomic mass is 19.4. The number of rotatable bonds is 4. The molecule has 0 amide bonds. The first-order chi connectivity index (χ1) is 8.19. The molecule has 0 radical (unpaired) electrons. The molecular formula is C8H9F5N4O. The zero-order chi connectivity index (χ0) is 14.0. The Hall–Kier alpha value is -1.71. The van der Waals surface area contributed by atoms with Gasteiger partial charge >= 0.3 is 12.1 Å². The summed E-state index contributed by atoms with van der Waals surface area (Å²) in [6.07, 6.45) is -4.76. The van der Waals surface area contributed by atoms with Crippen molar-refractivity contribution >= 4 is 5.82 Å². The third kappa shape index (κ3) is 2.94. The van der Waals surface area contributed by atoms with Crippen molar-refractivity contribution in [1.82, 2.24) is 9.97 Å². The van der Waals surface area contributed by atoms with Crippen LogP contribution in [-0.2, 0) is 0 Å². The highest BCUT2D eigenvalue weighted by Crippen LogP contribution is 2.36. The van der Waals surface area contributed by atoms with Crippen molar-refractivity contribution in [2.45, 2.75) is 19.0 Å². The molecule has 0 unspecified atom stereocenters. The summed E-state index contributed by atoms with van der Waals surface area (Å²) in [6.45, 7) is -0.505. The van der Waals surface area contributed by atoms with Crippen LogP contribution < -0.4 is 16.0 Å². The highest BCUT2D eigenvalue weighted by molar-refractivity contribution is 5.46. The van der Waals surface area contributed by atoms with Crippen LogP contribution in [0.3, 0.4) is 0 Å². The summed E-state index contributed by atoms with van der Waals surface area (Å²) in [4.78, 5) is 7.06. The number of nitrogens with one attached hydrogen (secondary N) is 1. The second-order valence-electron chi connectivity index (χ2n) is 3.29. The maximum Gasteiger partial charge on any atom is 0.456 e. The van der Waals surface area contributed by atoms with E-state index < -0.39 is 24.6 Å². The van der Waals surface area contributed by atoms with E-state index in [9.17, 15) is 22.0 Å². The molecule has 0 aliphatic rings. The molecular weight excluding hydrogens is 263 g/mol. The van der Waals surface area contributed by atoms with Crippen molar-refractivity contribution in [3.8, 4) is 5.88 Å². The van der Waals surface area contributed by atoms with Gasteiger partial charge in [0.05, 0.1) is 5.56 Å². The molecule has 102 valence electrons. The van der Waals surface area contributed by atoms with Crippen molar-refractivity contribution < 1.29 is 26.7 Å². The zero-order valence-electron chi connectivity index (χ0n) is 9.05. The fraction of sp³-hybridized carbons (Fsp3) is 0.500. The molecule has 0 aliphatic carbocycles. The number of halogens is 5. The van der Waals surface area contributed by atoms with Gasteiger partial charge < -0.3 is 10.2 Å². The Balaban J connectivity index is 2.82. The first-order valence-corrected chi connectivity index (χ1v) is 4.54. The number of nitrogen functional groups attached to an aromatic ring is 1. The van der Waals surface area contributed by atoms with Gasteiger partial charge in [-0.1, -0.05) is 0 Å². The summed E-state index contributed by atoms with van der Waals surface area (Å²) < 4.78 is 65.2. The van der Waals surface area contributed by atoms with E-state index in [1.165, 1.54) is 6.92 Å². The van der Waals surface area contributed by atoms with Crippen LogP contribution in [0.4, 0.5) is 27.8 Å². The van der Waals surface area contributed by atoms with Crippen molar-refractivity contribution in [3.63, 3.8) is 0 Å². The molecule has 18 heavy (non-hydrogen) atoms. The van der Waals surface area contributed by atoms with E-state index >= 15 is 0 Å². The fourth-order valence-electron chi connectivity index (χ4n) is 0.966. The van der Waals surface area contributed by atoms with Gasteiger partial charge in [0.1, 0.15) is 12.1 Å². The molecule has 10 heteroatoms. The largest absolute Gasteiger partial charge is 0.471 e. The van der Waals surface area contributed by atoms with Crippen LogP contribution in [0, 0.1) is 6.92 Å². The molecule has 3 N–H and O–H groups in total. The third-order valence-electron chi connectivity index (χ3n) is 1.98. The number of hydrogen-bond acceptors (Lipinski definition) is 5. The third-order valence-corrected chi connectivity index (χ3v) is 1.98. The summed E-state index contributed by atoms with van der Waals surface area (Å²) in [5, 5.41) is 0. The van der Waals surface area contributed by atoms with Gasteiger partial charge in [0.15, 0.2) is 6.61 Å². The van der Waals surface area contributed by atoms with E-state index in [2.05, 4.69) is 20.1 Å². The SMILES string of the molecule is Cc1c(NN)ncnc1OCC(F)(F)C(F)(F)F.